The van der Waals surface area contributed by atoms with Crippen LogP contribution in [0.15, 0.2) is 12.2 Å². The molecule has 1 fully saturated rings. The number of amides is 1. The molecule has 10 nitrogen and oxygen atoms in total. The fraction of sp³-hybridized carbons (Fsp3) is 0.921. The number of aliphatic hydroxyl groups is 6. The van der Waals surface area contributed by atoms with Crippen molar-refractivity contribution in [1.29, 1.82) is 0 Å². The van der Waals surface area contributed by atoms with Gasteiger partial charge in [0.25, 0.3) is 0 Å². The van der Waals surface area contributed by atoms with Crippen LogP contribution in [0.3, 0.4) is 0 Å². The van der Waals surface area contributed by atoms with Crippen molar-refractivity contribution in [2.75, 3.05) is 13.2 Å². The first-order valence-corrected chi connectivity index (χ1v) is 19.5. The van der Waals surface area contributed by atoms with Gasteiger partial charge in [0.05, 0.1) is 25.4 Å². The SMILES string of the molecule is CCCCC/C=C\CCCCCCC(O)C(=O)NC(COC1OC(CO)C(O)C(O)C1O)C(O)CCCCCCCCCCCCCC. The topological polar surface area (TPSA) is 169 Å². The minimum Gasteiger partial charge on any atom is -0.394 e. The molecule has 1 saturated heterocycles. The molecule has 0 aromatic heterocycles. The molecular formula is C38H73NO9. The van der Waals surface area contributed by atoms with Crippen molar-refractivity contribution >= 4 is 5.91 Å². The summed E-state index contributed by atoms with van der Waals surface area (Å²) in [5.74, 6) is -0.596. The lowest BCUT2D eigenvalue weighted by molar-refractivity contribution is -0.302. The van der Waals surface area contributed by atoms with Crippen LogP contribution >= 0.6 is 0 Å². The van der Waals surface area contributed by atoms with Crippen molar-refractivity contribution in [3.05, 3.63) is 12.2 Å². The normalized spacial score (nSPS) is 23.4. The van der Waals surface area contributed by atoms with Crippen LogP contribution in [-0.4, -0.2) is 98.7 Å². The second kappa shape index (κ2) is 29.6. The molecule has 10 heteroatoms. The van der Waals surface area contributed by atoms with Crippen molar-refractivity contribution < 1.29 is 44.9 Å². The number of ether oxygens (including phenoxy) is 2. The number of unbranched alkanes of at least 4 members (excludes halogenated alkanes) is 18. The van der Waals surface area contributed by atoms with Gasteiger partial charge in [0, 0.05) is 0 Å². The van der Waals surface area contributed by atoms with Gasteiger partial charge in [0.2, 0.25) is 5.91 Å². The predicted molar refractivity (Wildman–Crippen MR) is 190 cm³/mol. The Balaban J connectivity index is 2.51. The average Bonchev–Trinajstić information content (AvgIpc) is 3.08. The Kier molecular flexibility index (Phi) is 27.7. The van der Waals surface area contributed by atoms with Gasteiger partial charge in [0.1, 0.15) is 30.5 Å². The Hall–Kier alpha value is -1.11. The molecule has 1 aliphatic rings. The minimum absolute atomic E-state index is 0.257. The summed E-state index contributed by atoms with van der Waals surface area (Å²) in [4.78, 5) is 12.9. The maximum Gasteiger partial charge on any atom is 0.249 e. The average molecular weight is 688 g/mol. The number of aliphatic hydroxyl groups excluding tert-OH is 6. The van der Waals surface area contributed by atoms with E-state index in [4.69, 9.17) is 9.47 Å². The van der Waals surface area contributed by atoms with Crippen molar-refractivity contribution in [3.8, 4) is 0 Å². The second-order valence-corrected chi connectivity index (χ2v) is 13.9. The highest BCUT2D eigenvalue weighted by Gasteiger charge is 2.44. The summed E-state index contributed by atoms with van der Waals surface area (Å²) in [7, 11) is 0. The lowest BCUT2D eigenvalue weighted by Crippen LogP contribution is -2.60. The fourth-order valence-corrected chi connectivity index (χ4v) is 6.16. The third kappa shape index (κ3) is 20.5. The molecule has 0 bridgehead atoms. The third-order valence-electron chi connectivity index (χ3n) is 9.48. The molecule has 284 valence electrons. The van der Waals surface area contributed by atoms with Crippen molar-refractivity contribution in [2.45, 2.75) is 210 Å². The van der Waals surface area contributed by atoms with E-state index in [9.17, 15) is 35.4 Å². The van der Waals surface area contributed by atoms with Crippen LogP contribution in [0.5, 0.6) is 0 Å². The summed E-state index contributed by atoms with van der Waals surface area (Å²) in [6.45, 7) is 3.59. The number of nitrogens with one attached hydrogen (secondary N) is 1. The van der Waals surface area contributed by atoms with E-state index in [-0.39, 0.29) is 6.61 Å². The number of carbonyl (C=O) groups is 1. The smallest absolute Gasteiger partial charge is 0.249 e. The molecule has 0 radical (unpaired) electrons. The van der Waals surface area contributed by atoms with E-state index in [1.807, 2.05) is 0 Å². The highest BCUT2D eigenvalue weighted by molar-refractivity contribution is 5.80. The number of rotatable bonds is 31. The lowest BCUT2D eigenvalue weighted by Gasteiger charge is -2.40. The molecule has 1 heterocycles. The maximum absolute atomic E-state index is 12.9. The Morgan fingerprint density at radius 1 is 0.688 bits per heavy atom. The van der Waals surface area contributed by atoms with Crippen LogP contribution in [0.1, 0.15) is 162 Å². The summed E-state index contributed by atoms with van der Waals surface area (Å²) < 4.78 is 11.1. The zero-order valence-electron chi connectivity index (χ0n) is 30.4. The van der Waals surface area contributed by atoms with E-state index >= 15 is 0 Å². The molecule has 8 unspecified atom stereocenters. The summed E-state index contributed by atoms with van der Waals surface area (Å²) in [5, 5.41) is 64.4. The Bertz CT molecular complexity index is 783. The van der Waals surface area contributed by atoms with E-state index in [0.717, 1.165) is 57.8 Å². The van der Waals surface area contributed by atoms with Crippen LogP contribution in [0.25, 0.3) is 0 Å². The van der Waals surface area contributed by atoms with E-state index < -0.39 is 61.5 Å². The second-order valence-electron chi connectivity index (χ2n) is 13.9. The molecule has 1 aliphatic heterocycles. The largest absolute Gasteiger partial charge is 0.394 e. The fourth-order valence-electron chi connectivity index (χ4n) is 6.16. The number of allylic oxidation sites excluding steroid dienone is 2. The Morgan fingerprint density at radius 2 is 1.17 bits per heavy atom. The van der Waals surface area contributed by atoms with Crippen LogP contribution in [0.2, 0.25) is 0 Å². The monoisotopic (exact) mass is 688 g/mol. The zero-order chi connectivity index (χ0) is 35.4. The summed E-state index contributed by atoms with van der Waals surface area (Å²) >= 11 is 0. The molecular weight excluding hydrogens is 614 g/mol. The van der Waals surface area contributed by atoms with Gasteiger partial charge >= 0.3 is 0 Å². The van der Waals surface area contributed by atoms with Crippen LogP contribution in [0, 0.1) is 0 Å². The molecule has 0 aliphatic carbocycles. The first kappa shape index (κ1) is 44.9. The van der Waals surface area contributed by atoms with Gasteiger partial charge in [-0.25, -0.2) is 0 Å². The highest BCUT2D eigenvalue weighted by atomic mass is 16.7. The molecule has 0 aromatic carbocycles. The molecule has 8 atom stereocenters. The van der Waals surface area contributed by atoms with Gasteiger partial charge in [-0.1, -0.05) is 135 Å². The van der Waals surface area contributed by atoms with Crippen LogP contribution < -0.4 is 5.32 Å². The zero-order valence-corrected chi connectivity index (χ0v) is 30.4. The molecule has 0 saturated carbocycles. The number of hydrogen-bond donors (Lipinski definition) is 7. The lowest BCUT2D eigenvalue weighted by atomic mass is 9.99. The quantitative estimate of drug-likeness (QED) is 0.0364. The van der Waals surface area contributed by atoms with Crippen molar-refractivity contribution in [1.82, 2.24) is 5.32 Å². The van der Waals surface area contributed by atoms with Crippen LogP contribution in [-0.2, 0) is 14.3 Å². The number of carbonyl (C=O) groups excluding carboxylic acids is 1. The van der Waals surface area contributed by atoms with E-state index in [1.165, 1.54) is 70.6 Å². The van der Waals surface area contributed by atoms with Gasteiger partial charge < -0.3 is 45.4 Å². The van der Waals surface area contributed by atoms with Crippen molar-refractivity contribution in [3.63, 3.8) is 0 Å². The molecule has 1 rings (SSSR count). The maximum atomic E-state index is 12.9. The van der Waals surface area contributed by atoms with Crippen LogP contribution in [0.4, 0.5) is 0 Å². The van der Waals surface area contributed by atoms with E-state index in [2.05, 4.69) is 31.3 Å². The standard InChI is InChI=1S/C38H73NO9/c1-3-5-7-9-11-13-15-17-18-20-22-24-26-31(41)30(29-47-38-36(45)35(44)34(43)33(28-40)48-38)39-37(46)32(42)27-25-23-21-19-16-14-12-10-8-6-4-2/h12,14,30-36,38,40-45H,3-11,13,15-29H2,1-2H3,(H,39,46)/b14-12-. The molecule has 1 amide bonds. The summed E-state index contributed by atoms with van der Waals surface area (Å²) in [6, 6.07) is -0.892. The molecule has 48 heavy (non-hydrogen) atoms. The van der Waals surface area contributed by atoms with Gasteiger partial charge in [-0.15, -0.1) is 0 Å². The van der Waals surface area contributed by atoms with Gasteiger partial charge in [-0.05, 0) is 38.5 Å². The highest BCUT2D eigenvalue weighted by Crippen LogP contribution is 2.23. The Labute approximate surface area is 291 Å². The van der Waals surface area contributed by atoms with Gasteiger partial charge in [-0.2, -0.15) is 0 Å². The van der Waals surface area contributed by atoms with Crippen molar-refractivity contribution in [2.24, 2.45) is 0 Å². The van der Waals surface area contributed by atoms with Gasteiger partial charge in [0.15, 0.2) is 6.29 Å². The first-order chi connectivity index (χ1) is 23.3. The Morgan fingerprint density at radius 3 is 1.73 bits per heavy atom. The first-order valence-electron chi connectivity index (χ1n) is 19.5. The molecule has 0 aromatic rings. The third-order valence-corrected chi connectivity index (χ3v) is 9.48. The number of hydrogen-bond acceptors (Lipinski definition) is 9. The predicted octanol–water partition coefficient (Wildman–Crippen LogP) is 5.58. The van der Waals surface area contributed by atoms with E-state index in [0.29, 0.717) is 19.3 Å². The molecule has 0 spiro atoms. The summed E-state index contributed by atoms with van der Waals surface area (Å²) in [5.41, 5.74) is 0. The molecule has 7 N–H and O–H groups in total. The van der Waals surface area contributed by atoms with E-state index in [1.54, 1.807) is 0 Å². The van der Waals surface area contributed by atoms with Gasteiger partial charge in [-0.3, -0.25) is 4.79 Å². The summed E-state index contributed by atoms with van der Waals surface area (Å²) in [6.07, 6.45) is 19.8. The minimum atomic E-state index is -1.59.